The summed E-state index contributed by atoms with van der Waals surface area (Å²) in [6.07, 6.45) is 42.8. The van der Waals surface area contributed by atoms with Crippen molar-refractivity contribution >= 4 is 0 Å². The van der Waals surface area contributed by atoms with Gasteiger partial charge in [-0.3, -0.25) is 0 Å². The Morgan fingerprint density at radius 2 is 0.889 bits per heavy atom. The van der Waals surface area contributed by atoms with E-state index in [1.165, 1.54) is 186 Å². The molecule has 382 valence electrons. The van der Waals surface area contributed by atoms with E-state index in [1.807, 2.05) is 0 Å². The van der Waals surface area contributed by atoms with Crippen LogP contribution in [0.2, 0.25) is 0 Å². The highest BCUT2D eigenvalue weighted by Crippen LogP contribution is 2.36. The lowest BCUT2D eigenvalue weighted by Crippen LogP contribution is -2.16. The molecule has 0 amide bonds. The molecule has 0 aromatic heterocycles. The van der Waals surface area contributed by atoms with E-state index in [-0.39, 0.29) is 0 Å². The maximum Gasteiger partial charge on any atom is -0.0354 e. The third-order valence-electron chi connectivity index (χ3n) is 17.7. The fourth-order valence-corrected chi connectivity index (χ4v) is 9.65. The molecule has 5 atom stereocenters. The van der Waals surface area contributed by atoms with Gasteiger partial charge in [-0.2, -0.15) is 0 Å². The lowest BCUT2D eigenvalue weighted by molar-refractivity contribution is 0.235. The monoisotopic (exact) mass is 887 g/mol. The average molecular weight is 888 g/mol. The zero-order valence-electron chi connectivity index (χ0n) is 48.4. The van der Waals surface area contributed by atoms with Crippen molar-refractivity contribution in [3.05, 3.63) is 0 Å². The van der Waals surface area contributed by atoms with E-state index in [9.17, 15) is 0 Å². The van der Waals surface area contributed by atoms with Gasteiger partial charge in [-0.1, -0.05) is 305 Å². The van der Waals surface area contributed by atoms with Crippen molar-refractivity contribution in [3.8, 4) is 0 Å². The highest BCUT2D eigenvalue weighted by Gasteiger charge is 2.22. The lowest BCUT2D eigenvalue weighted by Gasteiger charge is -2.28. The van der Waals surface area contributed by atoms with Gasteiger partial charge < -0.3 is 0 Å². The van der Waals surface area contributed by atoms with Gasteiger partial charge in [-0.25, -0.2) is 0 Å². The van der Waals surface area contributed by atoms with Crippen molar-refractivity contribution in [1.82, 2.24) is 0 Å². The molecule has 0 aromatic carbocycles. The van der Waals surface area contributed by atoms with Crippen LogP contribution in [0, 0.1) is 81.8 Å². The number of hydrogen-bond acceptors (Lipinski definition) is 0. The molecule has 7 saturated carbocycles. The molecular formula is C63H130. The van der Waals surface area contributed by atoms with Crippen LogP contribution >= 0.6 is 0 Å². The molecule has 7 aliphatic rings. The fourth-order valence-electron chi connectivity index (χ4n) is 9.65. The van der Waals surface area contributed by atoms with E-state index in [2.05, 4.69) is 138 Å². The minimum Gasteiger partial charge on any atom is -0.0654 e. The third-order valence-corrected chi connectivity index (χ3v) is 17.7. The molecule has 3 unspecified atom stereocenters. The van der Waals surface area contributed by atoms with Crippen molar-refractivity contribution in [2.45, 2.75) is 325 Å². The fraction of sp³-hybridized carbons (Fsp3) is 1.00. The van der Waals surface area contributed by atoms with Crippen LogP contribution in [0.15, 0.2) is 0 Å². The van der Waals surface area contributed by atoms with Gasteiger partial charge in [0.2, 0.25) is 0 Å². The molecule has 63 heavy (non-hydrogen) atoms. The maximum absolute atomic E-state index is 2.36. The van der Waals surface area contributed by atoms with Crippen molar-refractivity contribution in [2.75, 3.05) is 0 Å². The lowest BCUT2D eigenvalue weighted by atomic mass is 9.78. The van der Waals surface area contributed by atoms with Crippen LogP contribution in [0.3, 0.4) is 0 Å². The molecule has 0 bridgehead atoms. The molecule has 0 heterocycles. The van der Waals surface area contributed by atoms with Gasteiger partial charge in [0.1, 0.15) is 0 Å². The molecule has 7 fully saturated rings. The summed E-state index contributed by atoms with van der Waals surface area (Å²) in [5.41, 5.74) is 1.19. The summed E-state index contributed by atoms with van der Waals surface area (Å²) < 4.78 is 0. The van der Waals surface area contributed by atoms with Gasteiger partial charge in [0.25, 0.3) is 0 Å². The molecule has 0 heteroatoms. The quantitative estimate of drug-likeness (QED) is 0.249. The van der Waals surface area contributed by atoms with Crippen LogP contribution in [0.25, 0.3) is 0 Å². The molecule has 7 rings (SSSR count). The van der Waals surface area contributed by atoms with Crippen LogP contribution in [0.5, 0.6) is 0 Å². The third kappa shape index (κ3) is 38.6. The molecule has 0 aromatic rings. The Labute approximate surface area is 404 Å². The van der Waals surface area contributed by atoms with Crippen LogP contribution in [-0.2, 0) is 0 Å². The Balaban J connectivity index is 0. The summed E-state index contributed by atoms with van der Waals surface area (Å²) in [4.78, 5) is 0. The van der Waals surface area contributed by atoms with E-state index >= 15 is 0 Å². The van der Waals surface area contributed by atoms with Gasteiger partial charge in [0.15, 0.2) is 0 Å². The first kappa shape index (κ1) is 65.1. The first-order valence-electron chi connectivity index (χ1n) is 29.5. The maximum atomic E-state index is 2.36. The summed E-state index contributed by atoms with van der Waals surface area (Å²) in [6, 6.07) is 0. The normalized spacial score (nSPS) is 26.0. The predicted octanol–water partition coefficient (Wildman–Crippen LogP) is 23.1. The van der Waals surface area contributed by atoms with Crippen molar-refractivity contribution in [2.24, 2.45) is 81.8 Å². The standard InChI is InChI=1S/7C7H14.2C7H16/c1-6-3-4-7(2)5-6;1-7(2)5-3-4-6-7;1-6-4-3-5-7(6)2;1-6(2)7-4-3-5-7;1-7-5-3-2-4-6-7;1-2-7-5-3-4-6-7;1-2-4-7-5-3-6-7;1-6(2)7(3,4)5;1-5-7(4)6(2)3/h6-7H,3-5H2,1-2H3;3-6H2,1-2H3;2*6-7H,3-5H2,1-2H3;3*7H,2-6H2,1H3;6H,1-5H3;6-7H,5H2,1-4H3/t6-,7?;;6-,7?;;;;;;/m1.1....../s1. The van der Waals surface area contributed by atoms with Gasteiger partial charge in [-0.15, -0.1) is 0 Å². The zero-order valence-corrected chi connectivity index (χ0v) is 48.4. The highest BCUT2D eigenvalue weighted by molar-refractivity contribution is 4.75. The molecule has 0 radical (unpaired) electrons. The van der Waals surface area contributed by atoms with Crippen LogP contribution < -0.4 is 0 Å². The Morgan fingerprint density at radius 3 is 1.02 bits per heavy atom. The predicted molar refractivity (Wildman–Crippen MR) is 294 cm³/mol. The minimum absolute atomic E-state index is 0.500. The van der Waals surface area contributed by atoms with Crippen molar-refractivity contribution in [3.63, 3.8) is 0 Å². The minimum atomic E-state index is 0.500. The summed E-state index contributed by atoms with van der Waals surface area (Å²) in [5.74, 6) is 11.9. The largest absolute Gasteiger partial charge is 0.0654 e. The summed E-state index contributed by atoms with van der Waals surface area (Å²) in [7, 11) is 0. The van der Waals surface area contributed by atoms with E-state index in [0.717, 1.165) is 71.0 Å². The highest BCUT2D eigenvalue weighted by atomic mass is 14.3. The summed E-state index contributed by atoms with van der Waals surface area (Å²) >= 11 is 0. The Kier molecular flexibility index (Phi) is 40.2. The second-order valence-electron chi connectivity index (χ2n) is 26.3. The topological polar surface area (TPSA) is 0 Å². The average Bonchev–Trinajstić information content (AvgIpc) is 4.01. The van der Waals surface area contributed by atoms with E-state index < -0.39 is 0 Å². The summed E-state index contributed by atoms with van der Waals surface area (Å²) in [6.45, 7) is 46.1. The van der Waals surface area contributed by atoms with Crippen LogP contribution in [0.1, 0.15) is 325 Å². The van der Waals surface area contributed by atoms with Crippen molar-refractivity contribution < 1.29 is 0 Å². The summed E-state index contributed by atoms with van der Waals surface area (Å²) in [5, 5.41) is 0. The second-order valence-corrected chi connectivity index (χ2v) is 26.3. The molecule has 0 saturated heterocycles. The molecular weight excluding hydrogens is 757 g/mol. The van der Waals surface area contributed by atoms with E-state index in [0.29, 0.717) is 10.8 Å². The van der Waals surface area contributed by atoms with E-state index in [4.69, 9.17) is 0 Å². The SMILES string of the molecule is CC(C)C(C)(C)C.CC(C)C1CCC1.CC1(C)CCCC1.CC1CCCCC1.CC1CCC[C@H]1C.CC1CC[C@@H](C)C1.CCC(C)C(C)C.CCC1CCCC1.CCCC1CCC1. The molecule has 0 nitrogen and oxygen atoms in total. The Morgan fingerprint density at radius 1 is 0.476 bits per heavy atom. The molecule has 7 aliphatic carbocycles. The first-order valence-corrected chi connectivity index (χ1v) is 29.5. The van der Waals surface area contributed by atoms with Gasteiger partial charge in [0, 0.05) is 0 Å². The van der Waals surface area contributed by atoms with Crippen molar-refractivity contribution in [1.29, 1.82) is 0 Å². The van der Waals surface area contributed by atoms with Gasteiger partial charge >= 0.3 is 0 Å². The molecule has 0 spiro atoms. The smallest absolute Gasteiger partial charge is 0.0354 e. The van der Waals surface area contributed by atoms with Gasteiger partial charge in [-0.05, 0) is 101 Å². The molecule has 0 N–H and O–H groups in total. The van der Waals surface area contributed by atoms with E-state index in [1.54, 1.807) is 0 Å². The Hall–Kier alpha value is 0. The first-order chi connectivity index (χ1) is 29.5. The number of rotatable bonds is 6. The second kappa shape index (κ2) is 38.9. The Bertz CT molecular complexity index is 884. The number of hydrogen-bond donors (Lipinski definition) is 0. The van der Waals surface area contributed by atoms with Crippen LogP contribution in [-0.4, -0.2) is 0 Å². The van der Waals surface area contributed by atoms with Crippen LogP contribution in [0.4, 0.5) is 0 Å². The zero-order chi connectivity index (χ0) is 48.4. The molecule has 0 aliphatic heterocycles. The van der Waals surface area contributed by atoms with Gasteiger partial charge in [0.05, 0.1) is 0 Å².